The standard InChI is InChI=1S/C31H23FN2O2/c32-22-16-18-27-25(19-22)24(31(34-27)28-17-15-21-8-2-4-12-26(21)33-28)11-6-14-30(35)36-29-13-5-9-20-7-1-3-10-23(20)29/h1-5,7-10,12-13,15-19,34H,6,11,14H2. The molecule has 6 rings (SSSR count). The van der Waals surface area contributed by atoms with Crippen LogP contribution in [-0.4, -0.2) is 15.9 Å². The van der Waals surface area contributed by atoms with Crippen molar-refractivity contribution in [1.29, 1.82) is 0 Å². The predicted molar refractivity (Wildman–Crippen MR) is 142 cm³/mol. The Morgan fingerprint density at radius 3 is 2.56 bits per heavy atom. The normalized spacial score (nSPS) is 11.4. The Labute approximate surface area is 207 Å². The molecule has 0 aliphatic rings. The molecular formula is C31H23FN2O2. The van der Waals surface area contributed by atoms with Crippen molar-refractivity contribution in [3.05, 3.63) is 108 Å². The topological polar surface area (TPSA) is 55.0 Å². The second-order valence-corrected chi connectivity index (χ2v) is 8.86. The number of rotatable bonds is 6. The summed E-state index contributed by atoms with van der Waals surface area (Å²) in [5, 5.41) is 3.80. The highest BCUT2D eigenvalue weighted by Gasteiger charge is 2.16. The number of carbonyl (C=O) groups is 1. The van der Waals surface area contributed by atoms with Crippen LogP contribution < -0.4 is 4.74 Å². The number of ether oxygens (including phenoxy) is 1. The largest absolute Gasteiger partial charge is 0.426 e. The minimum absolute atomic E-state index is 0.246. The third-order valence-electron chi connectivity index (χ3n) is 6.50. The number of hydrogen-bond donors (Lipinski definition) is 1. The van der Waals surface area contributed by atoms with Crippen LogP contribution in [0.2, 0.25) is 0 Å². The monoisotopic (exact) mass is 474 g/mol. The van der Waals surface area contributed by atoms with Gasteiger partial charge in [0.05, 0.1) is 16.9 Å². The van der Waals surface area contributed by atoms with Gasteiger partial charge in [0.1, 0.15) is 11.6 Å². The number of para-hydroxylation sites is 1. The number of nitrogens with zero attached hydrogens (tertiary/aromatic N) is 1. The summed E-state index contributed by atoms with van der Waals surface area (Å²) in [6, 6.07) is 30.2. The van der Waals surface area contributed by atoms with Crippen LogP contribution in [-0.2, 0) is 11.2 Å². The molecule has 5 heteroatoms. The second-order valence-electron chi connectivity index (χ2n) is 8.86. The lowest BCUT2D eigenvalue weighted by molar-refractivity contribution is -0.134. The molecule has 0 radical (unpaired) electrons. The minimum atomic E-state index is -0.295. The maximum absolute atomic E-state index is 14.2. The number of carbonyl (C=O) groups excluding carboxylic acids is 1. The molecule has 176 valence electrons. The molecule has 0 amide bonds. The van der Waals surface area contributed by atoms with E-state index in [1.807, 2.05) is 78.9 Å². The Kier molecular flexibility index (Phi) is 5.66. The molecule has 4 aromatic carbocycles. The minimum Gasteiger partial charge on any atom is -0.426 e. The highest BCUT2D eigenvalue weighted by atomic mass is 19.1. The lowest BCUT2D eigenvalue weighted by atomic mass is 10.0. The van der Waals surface area contributed by atoms with Crippen molar-refractivity contribution >= 4 is 38.5 Å². The Bertz CT molecular complexity index is 1730. The quantitative estimate of drug-likeness (QED) is 0.200. The van der Waals surface area contributed by atoms with Gasteiger partial charge in [-0.15, -0.1) is 0 Å². The highest BCUT2D eigenvalue weighted by molar-refractivity contribution is 5.92. The molecule has 2 aromatic heterocycles. The highest BCUT2D eigenvalue weighted by Crippen LogP contribution is 2.32. The maximum Gasteiger partial charge on any atom is 0.311 e. The van der Waals surface area contributed by atoms with E-state index < -0.39 is 0 Å². The van der Waals surface area contributed by atoms with Crippen molar-refractivity contribution < 1.29 is 13.9 Å². The summed E-state index contributed by atoms with van der Waals surface area (Å²) in [5.74, 6) is -0.0211. The van der Waals surface area contributed by atoms with Crippen molar-refractivity contribution in [2.45, 2.75) is 19.3 Å². The van der Waals surface area contributed by atoms with Gasteiger partial charge >= 0.3 is 5.97 Å². The summed E-state index contributed by atoms with van der Waals surface area (Å²) >= 11 is 0. The number of hydrogen-bond acceptors (Lipinski definition) is 3. The first kappa shape index (κ1) is 22.0. The zero-order chi connectivity index (χ0) is 24.5. The molecule has 0 atom stereocenters. The molecule has 0 fully saturated rings. The number of H-pyrrole nitrogens is 1. The van der Waals surface area contributed by atoms with E-state index in [0.717, 1.165) is 49.5 Å². The first-order chi connectivity index (χ1) is 17.7. The van der Waals surface area contributed by atoms with Crippen LogP contribution in [0.15, 0.2) is 97.1 Å². The van der Waals surface area contributed by atoms with Gasteiger partial charge in [0.25, 0.3) is 0 Å². The van der Waals surface area contributed by atoms with Gasteiger partial charge in [-0.25, -0.2) is 9.37 Å². The summed E-state index contributed by atoms with van der Waals surface area (Å²) in [6.45, 7) is 0. The molecule has 1 N–H and O–H groups in total. The summed E-state index contributed by atoms with van der Waals surface area (Å²) in [6.07, 6.45) is 1.39. The Balaban J connectivity index is 1.26. The van der Waals surface area contributed by atoms with Gasteiger partial charge in [0, 0.05) is 28.1 Å². The van der Waals surface area contributed by atoms with Crippen LogP contribution >= 0.6 is 0 Å². The number of aromatic amines is 1. The van der Waals surface area contributed by atoms with Gasteiger partial charge in [0.15, 0.2) is 0 Å². The number of pyridine rings is 1. The molecule has 6 aromatic rings. The van der Waals surface area contributed by atoms with Crippen LogP contribution in [0.3, 0.4) is 0 Å². The van der Waals surface area contributed by atoms with Crippen LogP contribution in [0.4, 0.5) is 4.39 Å². The van der Waals surface area contributed by atoms with E-state index in [-0.39, 0.29) is 18.2 Å². The number of nitrogens with one attached hydrogen (secondary N) is 1. The van der Waals surface area contributed by atoms with Gasteiger partial charge in [-0.2, -0.15) is 0 Å². The summed E-state index contributed by atoms with van der Waals surface area (Å²) in [4.78, 5) is 21.0. The van der Waals surface area contributed by atoms with Gasteiger partial charge in [0.2, 0.25) is 0 Å². The third-order valence-corrected chi connectivity index (χ3v) is 6.50. The second kappa shape index (κ2) is 9.27. The molecule has 0 saturated heterocycles. The van der Waals surface area contributed by atoms with E-state index in [1.54, 1.807) is 12.1 Å². The average molecular weight is 475 g/mol. The zero-order valence-electron chi connectivity index (χ0n) is 19.5. The van der Waals surface area contributed by atoms with Crippen molar-refractivity contribution in [3.8, 4) is 17.1 Å². The van der Waals surface area contributed by atoms with E-state index in [4.69, 9.17) is 9.72 Å². The first-order valence-corrected chi connectivity index (χ1v) is 12.0. The number of esters is 1. The lowest BCUT2D eigenvalue weighted by Crippen LogP contribution is -2.08. The van der Waals surface area contributed by atoms with Crippen molar-refractivity contribution in [1.82, 2.24) is 9.97 Å². The van der Waals surface area contributed by atoms with E-state index >= 15 is 0 Å². The molecule has 0 aliphatic carbocycles. The summed E-state index contributed by atoms with van der Waals surface area (Å²) < 4.78 is 19.9. The number of halogens is 1. The third kappa shape index (κ3) is 4.20. The average Bonchev–Trinajstić information content (AvgIpc) is 3.26. The van der Waals surface area contributed by atoms with Crippen LogP contribution in [0, 0.1) is 5.82 Å². The molecule has 2 heterocycles. The van der Waals surface area contributed by atoms with Gasteiger partial charge in [-0.05, 0) is 60.2 Å². The fraction of sp³-hybridized carbons (Fsp3) is 0.0968. The zero-order valence-corrected chi connectivity index (χ0v) is 19.5. The van der Waals surface area contributed by atoms with Crippen LogP contribution in [0.25, 0.3) is 44.0 Å². The van der Waals surface area contributed by atoms with E-state index in [9.17, 15) is 9.18 Å². The van der Waals surface area contributed by atoms with Crippen molar-refractivity contribution in [2.75, 3.05) is 0 Å². The van der Waals surface area contributed by atoms with Gasteiger partial charge < -0.3 is 9.72 Å². The molecule has 4 nitrogen and oxygen atoms in total. The number of fused-ring (bicyclic) bond motifs is 3. The fourth-order valence-corrected chi connectivity index (χ4v) is 4.77. The molecular weight excluding hydrogens is 451 g/mol. The van der Waals surface area contributed by atoms with E-state index in [1.165, 1.54) is 6.07 Å². The Morgan fingerprint density at radius 1 is 0.833 bits per heavy atom. The molecule has 0 aliphatic heterocycles. The molecule has 0 spiro atoms. The number of aromatic nitrogens is 2. The first-order valence-electron chi connectivity index (χ1n) is 12.0. The van der Waals surface area contributed by atoms with Crippen LogP contribution in [0.5, 0.6) is 5.75 Å². The molecule has 0 saturated carbocycles. The van der Waals surface area contributed by atoms with Crippen molar-refractivity contribution in [2.24, 2.45) is 0 Å². The number of benzene rings is 4. The summed E-state index contributed by atoms with van der Waals surface area (Å²) in [5.41, 5.74) is 4.33. The maximum atomic E-state index is 14.2. The Morgan fingerprint density at radius 2 is 1.64 bits per heavy atom. The SMILES string of the molecule is O=C(CCCc1c(-c2ccc3ccccc3n2)[nH]c2ccc(F)cc12)Oc1cccc2ccccc12. The molecule has 0 unspecified atom stereocenters. The lowest BCUT2D eigenvalue weighted by Gasteiger charge is -2.09. The molecule has 36 heavy (non-hydrogen) atoms. The number of aryl methyl sites for hydroxylation is 1. The van der Waals surface area contributed by atoms with Crippen molar-refractivity contribution in [3.63, 3.8) is 0 Å². The smallest absolute Gasteiger partial charge is 0.311 e. The van der Waals surface area contributed by atoms with Gasteiger partial charge in [-0.1, -0.05) is 60.7 Å². The van der Waals surface area contributed by atoms with Gasteiger partial charge in [-0.3, -0.25) is 4.79 Å². The van der Waals surface area contributed by atoms with E-state index in [0.29, 0.717) is 18.6 Å². The van der Waals surface area contributed by atoms with E-state index in [2.05, 4.69) is 4.98 Å². The molecule has 0 bridgehead atoms. The predicted octanol–water partition coefficient (Wildman–Crippen LogP) is 7.60. The van der Waals surface area contributed by atoms with Crippen LogP contribution in [0.1, 0.15) is 18.4 Å². The summed E-state index contributed by atoms with van der Waals surface area (Å²) in [7, 11) is 0. The fourth-order valence-electron chi connectivity index (χ4n) is 4.77. The Hall–Kier alpha value is -4.51.